The smallest absolute Gasteiger partial charge is 0.328 e. The van der Waals surface area contributed by atoms with Gasteiger partial charge in [-0.3, -0.25) is 4.79 Å². The van der Waals surface area contributed by atoms with E-state index in [9.17, 15) is 9.59 Å². The van der Waals surface area contributed by atoms with Crippen molar-refractivity contribution in [2.45, 2.75) is 130 Å². The Bertz CT molecular complexity index is 870. The Hall–Kier alpha value is -0.970. The van der Waals surface area contributed by atoms with Gasteiger partial charge in [-0.05, 0) is 110 Å². The number of allylic oxidation sites excluding steroid dienone is 1. The van der Waals surface area contributed by atoms with E-state index in [2.05, 4.69) is 39.1 Å². The van der Waals surface area contributed by atoms with Gasteiger partial charge in [0.15, 0.2) is 0 Å². The maximum absolute atomic E-state index is 13.0. The number of rotatable bonds is 11. The van der Waals surface area contributed by atoms with Crippen molar-refractivity contribution in [3.8, 4) is 0 Å². The van der Waals surface area contributed by atoms with Crippen LogP contribution in [-0.2, 0) is 14.3 Å². The van der Waals surface area contributed by atoms with E-state index in [-0.39, 0.29) is 23.4 Å². The van der Waals surface area contributed by atoms with Crippen LogP contribution in [0.5, 0.6) is 0 Å². The maximum atomic E-state index is 13.0. The Kier molecular flexibility index (Phi) is 10.0. The molecule has 4 nitrogen and oxygen atoms in total. The second-order valence-electron chi connectivity index (χ2n) is 14.1. The minimum atomic E-state index is -0.533. The first-order chi connectivity index (χ1) is 18.1. The van der Waals surface area contributed by atoms with Gasteiger partial charge in [0.1, 0.15) is 12.1 Å². The van der Waals surface area contributed by atoms with Crippen LogP contribution in [0.1, 0.15) is 118 Å². The summed E-state index contributed by atoms with van der Waals surface area (Å²) in [5.41, 5.74) is 2.36. The molecule has 4 rings (SSSR count). The van der Waals surface area contributed by atoms with Gasteiger partial charge in [0.25, 0.3) is 0 Å². The predicted molar refractivity (Wildman–Crippen MR) is 159 cm³/mol. The Labute approximate surface area is 237 Å². The zero-order valence-electron chi connectivity index (χ0n) is 25.2. The van der Waals surface area contributed by atoms with Crippen molar-refractivity contribution in [2.24, 2.45) is 40.4 Å². The first-order valence-corrected chi connectivity index (χ1v) is 17.1. The number of hydrogen-bond acceptors (Lipinski definition) is 4. The highest BCUT2D eigenvalue weighted by Crippen LogP contribution is 2.66. The van der Waals surface area contributed by atoms with Gasteiger partial charge in [-0.1, -0.05) is 58.6 Å². The molecule has 5 heteroatoms. The van der Waals surface area contributed by atoms with Gasteiger partial charge in [-0.2, -0.15) is 11.8 Å². The predicted octanol–water partition coefficient (Wildman–Crippen LogP) is 7.95. The molecule has 0 aliphatic heterocycles. The van der Waals surface area contributed by atoms with Gasteiger partial charge >= 0.3 is 5.97 Å². The summed E-state index contributed by atoms with van der Waals surface area (Å²) in [7, 11) is 0. The quantitative estimate of drug-likeness (QED) is 0.163. The molecule has 3 fully saturated rings. The molecule has 4 aliphatic carbocycles. The Morgan fingerprint density at radius 2 is 1.87 bits per heavy atom. The fourth-order valence-corrected chi connectivity index (χ4v) is 9.70. The Morgan fingerprint density at radius 1 is 1.08 bits per heavy atom. The van der Waals surface area contributed by atoms with Crippen molar-refractivity contribution in [1.29, 1.82) is 0 Å². The maximum Gasteiger partial charge on any atom is 0.328 e. The van der Waals surface area contributed by atoms with E-state index in [1.54, 1.807) is 17.3 Å². The van der Waals surface area contributed by atoms with Gasteiger partial charge < -0.3 is 10.1 Å². The van der Waals surface area contributed by atoms with Crippen LogP contribution in [0.2, 0.25) is 0 Å². The van der Waals surface area contributed by atoms with Gasteiger partial charge in [-0.15, -0.1) is 0 Å². The number of nitrogens with one attached hydrogen (secondary N) is 1. The van der Waals surface area contributed by atoms with Crippen LogP contribution < -0.4 is 5.32 Å². The van der Waals surface area contributed by atoms with Crippen LogP contribution >= 0.6 is 11.8 Å². The van der Waals surface area contributed by atoms with E-state index in [1.165, 1.54) is 64.7 Å². The molecule has 216 valence electrons. The number of fused-ring (bicyclic) bond motifs is 5. The van der Waals surface area contributed by atoms with Crippen LogP contribution in [0.3, 0.4) is 0 Å². The lowest BCUT2D eigenvalue weighted by molar-refractivity contribution is -0.155. The van der Waals surface area contributed by atoms with E-state index in [0.29, 0.717) is 11.8 Å². The zero-order chi connectivity index (χ0) is 27.5. The highest BCUT2D eigenvalue weighted by molar-refractivity contribution is 7.98. The van der Waals surface area contributed by atoms with Gasteiger partial charge in [0.05, 0.1) is 0 Å². The van der Waals surface area contributed by atoms with E-state index >= 15 is 0 Å². The molecule has 1 amide bonds. The second-order valence-corrected chi connectivity index (χ2v) is 15.1. The molecular formula is C33H55NO3S. The first kappa shape index (κ1) is 30.0. The summed E-state index contributed by atoms with van der Waals surface area (Å²) in [6.07, 6.45) is 20.6. The number of unbranched alkanes of at least 4 members (excludes halogenated alkanes) is 1. The summed E-state index contributed by atoms with van der Waals surface area (Å²) in [5, 5.41) is 2.81. The Morgan fingerprint density at radius 3 is 2.58 bits per heavy atom. The summed E-state index contributed by atoms with van der Waals surface area (Å²) >= 11 is 1.69. The first-order valence-electron chi connectivity index (χ1n) is 15.7. The highest BCUT2D eigenvalue weighted by Gasteiger charge is 2.58. The van der Waals surface area contributed by atoms with Crippen molar-refractivity contribution in [2.75, 3.05) is 12.0 Å². The molecule has 4 aliphatic rings. The van der Waals surface area contributed by atoms with Gasteiger partial charge in [-0.25, -0.2) is 4.79 Å². The average Bonchev–Trinajstić information content (AvgIpc) is 3.20. The Balaban J connectivity index is 1.38. The largest absolute Gasteiger partial charge is 0.461 e. The van der Waals surface area contributed by atoms with Crippen molar-refractivity contribution in [3.05, 3.63) is 11.6 Å². The second kappa shape index (κ2) is 12.7. The molecule has 0 saturated heterocycles. The molecule has 38 heavy (non-hydrogen) atoms. The molecule has 0 radical (unpaired) electrons. The highest BCUT2D eigenvalue weighted by atomic mass is 32.2. The summed E-state index contributed by atoms with van der Waals surface area (Å²) in [6, 6.07) is -0.533. The van der Waals surface area contributed by atoms with Crippen LogP contribution in [-0.4, -0.2) is 36.0 Å². The number of esters is 1. The molecule has 0 bridgehead atoms. The van der Waals surface area contributed by atoms with Gasteiger partial charge in [0, 0.05) is 13.3 Å². The number of hydrogen-bond donors (Lipinski definition) is 1. The lowest BCUT2D eigenvalue weighted by Gasteiger charge is -2.58. The van der Waals surface area contributed by atoms with Crippen LogP contribution in [0.15, 0.2) is 11.6 Å². The third kappa shape index (κ3) is 6.33. The van der Waals surface area contributed by atoms with Crippen LogP contribution in [0.25, 0.3) is 0 Å². The standard InChI is InChI=1S/C33H55NO3S/c1-22(2)9-7-8-10-24-12-14-28-27-13-11-25-21-26(37-31(36)30(17-20-38-6)34-23(3)35)15-18-33(25,5)29(27)16-19-32(24,28)4/h11,22,24,26-30H,7-10,12-21H2,1-6H3,(H,34,35). The SMILES string of the molecule is CSCCC(NC(C)=O)C(=O)OC1CCC2(C)C(=CCC3C2CCC2(C)C(CCCCC(C)C)CCC32)C1. The summed E-state index contributed by atoms with van der Waals surface area (Å²) in [4.78, 5) is 24.6. The molecular weight excluding hydrogens is 490 g/mol. The lowest BCUT2D eigenvalue weighted by Crippen LogP contribution is -2.51. The molecule has 0 spiro atoms. The minimum absolute atomic E-state index is 0.0560. The topological polar surface area (TPSA) is 55.4 Å². The fraction of sp³-hybridized carbons (Fsp3) is 0.879. The normalized spacial score (nSPS) is 37.0. The van der Waals surface area contributed by atoms with E-state index in [0.717, 1.165) is 54.6 Å². The summed E-state index contributed by atoms with van der Waals surface area (Å²) < 4.78 is 6.04. The molecule has 1 N–H and O–H groups in total. The number of carbonyl (C=O) groups is 2. The molecule has 0 aromatic heterocycles. The van der Waals surface area contributed by atoms with Crippen molar-refractivity contribution >= 4 is 23.6 Å². The monoisotopic (exact) mass is 545 g/mol. The molecule has 0 heterocycles. The third-order valence-electron chi connectivity index (χ3n) is 11.4. The van der Waals surface area contributed by atoms with E-state index in [4.69, 9.17) is 4.74 Å². The minimum Gasteiger partial charge on any atom is -0.461 e. The van der Waals surface area contributed by atoms with Crippen LogP contribution in [0.4, 0.5) is 0 Å². The molecule has 3 saturated carbocycles. The molecule has 8 unspecified atom stereocenters. The number of carbonyl (C=O) groups excluding carboxylic acids is 2. The lowest BCUT2D eigenvalue weighted by atomic mass is 9.47. The van der Waals surface area contributed by atoms with Crippen LogP contribution in [0, 0.1) is 40.4 Å². The van der Waals surface area contributed by atoms with Crippen molar-refractivity contribution < 1.29 is 14.3 Å². The van der Waals surface area contributed by atoms with Crippen molar-refractivity contribution in [3.63, 3.8) is 0 Å². The molecule has 0 aromatic carbocycles. The van der Waals surface area contributed by atoms with E-state index < -0.39 is 6.04 Å². The molecule has 0 aromatic rings. The fourth-order valence-electron chi connectivity index (χ4n) is 9.23. The van der Waals surface area contributed by atoms with E-state index in [1.807, 2.05) is 6.26 Å². The summed E-state index contributed by atoms with van der Waals surface area (Å²) in [5.74, 6) is 4.67. The third-order valence-corrected chi connectivity index (χ3v) is 12.0. The number of amides is 1. The number of thioether (sulfide) groups is 1. The summed E-state index contributed by atoms with van der Waals surface area (Å²) in [6.45, 7) is 11.4. The molecule has 8 atom stereocenters. The van der Waals surface area contributed by atoms with Crippen molar-refractivity contribution in [1.82, 2.24) is 5.32 Å². The van der Waals surface area contributed by atoms with Gasteiger partial charge in [0.2, 0.25) is 5.91 Å². The number of ether oxygens (including phenoxy) is 1. The zero-order valence-corrected chi connectivity index (χ0v) is 26.0. The average molecular weight is 546 g/mol.